The normalized spacial score (nSPS) is 21.0. The molecule has 1 aromatic heterocycles. The Morgan fingerprint density at radius 3 is 2.85 bits per heavy atom. The van der Waals surface area contributed by atoms with Crippen LogP contribution in [0.1, 0.15) is 19.3 Å². The van der Waals surface area contributed by atoms with Gasteiger partial charge < -0.3 is 24.8 Å². The SMILES string of the molecule is CNS(=O)(=O)c1cccc(OC[C@@H](O)CNC2COC3(CCN(c4cc(Cl)ccn4)CC3)C2)c1. The molecule has 186 valence electrons. The second kappa shape index (κ2) is 10.8. The topological polar surface area (TPSA) is 113 Å². The van der Waals surface area contributed by atoms with Gasteiger partial charge in [0.25, 0.3) is 0 Å². The van der Waals surface area contributed by atoms with E-state index in [1.54, 1.807) is 24.4 Å². The molecule has 9 nitrogen and oxygen atoms in total. The monoisotopic (exact) mass is 510 g/mol. The summed E-state index contributed by atoms with van der Waals surface area (Å²) >= 11 is 6.10. The zero-order valence-electron chi connectivity index (χ0n) is 19.1. The number of rotatable bonds is 9. The third kappa shape index (κ3) is 6.18. The van der Waals surface area contributed by atoms with Crippen LogP contribution in [-0.4, -0.2) is 76.2 Å². The Morgan fingerprint density at radius 1 is 1.32 bits per heavy atom. The molecule has 1 unspecified atom stereocenters. The average molecular weight is 511 g/mol. The summed E-state index contributed by atoms with van der Waals surface area (Å²) in [6, 6.07) is 10.0. The summed E-state index contributed by atoms with van der Waals surface area (Å²) < 4.78 is 37.9. The van der Waals surface area contributed by atoms with Crippen LogP contribution in [0.25, 0.3) is 0 Å². The van der Waals surface area contributed by atoms with E-state index in [2.05, 4.69) is 19.9 Å². The summed E-state index contributed by atoms with van der Waals surface area (Å²) in [5.41, 5.74) is -0.145. The fraction of sp³-hybridized carbons (Fsp3) is 0.522. The van der Waals surface area contributed by atoms with Crippen LogP contribution < -0.4 is 19.7 Å². The minimum Gasteiger partial charge on any atom is -0.491 e. The van der Waals surface area contributed by atoms with Crippen LogP contribution in [0.4, 0.5) is 5.82 Å². The Morgan fingerprint density at radius 2 is 2.12 bits per heavy atom. The maximum atomic E-state index is 11.9. The molecule has 0 aliphatic carbocycles. The van der Waals surface area contributed by atoms with E-state index in [4.69, 9.17) is 21.1 Å². The number of hydrogen-bond donors (Lipinski definition) is 3. The number of benzene rings is 1. The Hall–Kier alpha value is -1.95. The number of nitrogens with zero attached hydrogens (tertiary/aromatic N) is 2. The van der Waals surface area contributed by atoms with Crippen LogP contribution in [0.5, 0.6) is 5.75 Å². The highest BCUT2D eigenvalue weighted by molar-refractivity contribution is 7.89. The number of ether oxygens (including phenoxy) is 2. The molecule has 34 heavy (non-hydrogen) atoms. The maximum Gasteiger partial charge on any atom is 0.240 e. The van der Waals surface area contributed by atoms with Gasteiger partial charge in [-0.25, -0.2) is 18.1 Å². The van der Waals surface area contributed by atoms with Crippen molar-refractivity contribution in [3.8, 4) is 5.75 Å². The molecule has 0 saturated carbocycles. The van der Waals surface area contributed by atoms with Crippen LogP contribution in [0.2, 0.25) is 5.02 Å². The van der Waals surface area contributed by atoms with Crippen LogP contribution in [0.15, 0.2) is 47.5 Å². The van der Waals surface area contributed by atoms with E-state index in [9.17, 15) is 13.5 Å². The lowest BCUT2D eigenvalue weighted by Gasteiger charge is -2.39. The van der Waals surface area contributed by atoms with Crippen molar-refractivity contribution >= 4 is 27.4 Å². The summed E-state index contributed by atoms with van der Waals surface area (Å²) in [4.78, 5) is 6.77. The highest BCUT2D eigenvalue weighted by Crippen LogP contribution is 2.37. The van der Waals surface area contributed by atoms with Crippen molar-refractivity contribution in [1.29, 1.82) is 0 Å². The molecule has 3 N–H and O–H groups in total. The number of pyridine rings is 1. The molecule has 2 aliphatic heterocycles. The van der Waals surface area contributed by atoms with Crippen LogP contribution >= 0.6 is 11.6 Å². The van der Waals surface area contributed by atoms with Crippen molar-refractivity contribution in [3.63, 3.8) is 0 Å². The van der Waals surface area contributed by atoms with Crippen LogP contribution in [0, 0.1) is 0 Å². The zero-order chi connectivity index (χ0) is 24.2. The fourth-order valence-corrected chi connectivity index (χ4v) is 5.36. The van der Waals surface area contributed by atoms with E-state index >= 15 is 0 Å². The molecule has 2 aliphatic rings. The van der Waals surface area contributed by atoms with Crippen molar-refractivity contribution in [2.24, 2.45) is 0 Å². The number of halogens is 1. The lowest BCUT2D eigenvalue weighted by molar-refractivity contribution is -0.0151. The van der Waals surface area contributed by atoms with Gasteiger partial charge in [0.05, 0.1) is 17.1 Å². The molecule has 2 aromatic rings. The quantitative estimate of drug-likeness (QED) is 0.468. The number of anilines is 1. The average Bonchev–Trinajstić information content (AvgIpc) is 3.24. The van der Waals surface area contributed by atoms with Crippen molar-refractivity contribution in [1.82, 2.24) is 15.0 Å². The first-order valence-corrected chi connectivity index (χ1v) is 13.2. The van der Waals surface area contributed by atoms with Gasteiger partial charge in [0.15, 0.2) is 0 Å². The minimum atomic E-state index is -3.55. The van der Waals surface area contributed by atoms with Gasteiger partial charge in [-0.1, -0.05) is 17.7 Å². The van der Waals surface area contributed by atoms with Crippen molar-refractivity contribution < 1.29 is 23.0 Å². The number of aliphatic hydroxyl groups excluding tert-OH is 1. The summed E-state index contributed by atoms with van der Waals surface area (Å²) in [6.45, 7) is 2.73. The number of nitrogens with one attached hydrogen (secondary N) is 2. The number of piperidine rings is 1. The van der Waals surface area contributed by atoms with Gasteiger partial charge in [0, 0.05) is 43.0 Å². The molecule has 4 rings (SSSR count). The maximum absolute atomic E-state index is 11.9. The van der Waals surface area contributed by atoms with Crippen LogP contribution in [0.3, 0.4) is 0 Å². The molecular weight excluding hydrogens is 480 g/mol. The third-order valence-corrected chi connectivity index (χ3v) is 8.03. The molecule has 2 atom stereocenters. The molecule has 0 radical (unpaired) electrons. The summed E-state index contributed by atoms with van der Waals surface area (Å²) in [5, 5.41) is 14.4. The van der Waals surface area contributed by atoms with Gasteiger partial charge in [-0.15, -0.1) is 0 Å². The molecule has 2 saturated heterocycles. The summed E-state index contributed by atoms with van der Waals surface area (Å²) in [6.07, 6.45) is 3.70. The number of aliphatic hydroxyl groups is 1. The number of hydrogen-bond acceptors (Lipinski definition) is 8. The first-order chi connectivity index (χ1) is 16.3. The second-order valence-corrected chi connectivity index (χ2v) is 11.1. The van der Waals surface area contributed by atoms with E-state index in [1.165, 1.54) is 19.2 Å². The summed E-state index contributed by atoms with van der Waals surface area (Å²) in [7, 11) is -2.19. The van der Waals surface area contributed by atoms with Gasteiger partial charge >= 0.3 is 0 Å². The molecule has 3 heterocycles. The molecule has 0 amide bonds. The Labute approximate surface area is 205 Å². The third-order valence-electron chi connectivity index (χ3n) is 6.38. The van der Waals surface area contributed by atoms with Gasteiger partial charge in [-0.3, -0.25) is 0 Å². The lowest BCUT2D eigenvalue weighted by Crippen LogP contribution is -2.45. The van der Waals surface area contributed by atoms with Gasteiger partial charge in [0.2, 0.25) is 10.0 Å². The first kappa shape index (κ1) is 25.2. The lowest BCUT2D eigenvalue weighted by atomic mass is 9.87. The second-order valence-electron chi connectivity index (χ2n) is 8.77. The Kier molecular flexibility index (Phi) is 7.96. The van der Waals surface area contributed by atoms with Gasteiger partial charge in [0.1, 0.15) is 24.3 Å². The van der Waals surface area contributed by atoms with Gasteiger partial charge in [-0.05, 0) is 50.6 Å². The molecule has 1 aromatic carbocycles. The minimum absolute atomic E-state index is 0.0520. The highest BCUT2D eigenvalue weighted by Gasteiger charge is 2.42. The molecule has 2 fully saturated rings. The van der Waals surface area contributed by atoms with E-state index in [1.807, 2.05) is 6.07 Å². The van der Waals surface area contributed by atoms with Crippen molar-refractivity contribution in [2.45, 2.75) is 41.9 Å². The number of aromatic nitrogens is 1. The molecule has 1 spiro atoms. The van der Waals surface area contributed by atoms with Crippen molar-refractivity contribution in [3.05, 3.63) is 47.6 Å². The van der Waals surface area contributed by atoms with E-state index in [0.717, 1.165) is 38.2 Å². The van der Waals surface area contributed by atoms with Crippen LogP contribution in [-0.2, 0) is 14.8 Å². The highest BCUT2D eigenvalue weighted by atomic mass is 35.5. The fourth-order valence-electron chi connectivity index (χ4n) is 4.44. The Balaban J connectivity index is 1.20. The van der Waals surface area contributed by atoms with E-state index < -0.39 is 16.1 Å². The Bertz CT molecular complexity index is 1080. The summed E-state index contributed by atoms with van der Waals surface area (Å²) in [5.74, 6) is 1.28. The number of sulfonamides is 1. The zero-order valence-corrected chi connectivity index (χ0v) is 20.7. The molecule has 11 heteroatoms. The molecular formula is C23H31ClN4O5S. The van der Waals surface area contributed by atoms with Crippen molar-refractivity contribution in [2.75, 3.05) is 44.8 Å². The molecule has 0 bridgehead atoms. The predicted molar refractivity (Wildman–Crippen MR) is 130 cm³/mol. The van der Waals surface area contributed by atoms with Gasteiger partial charge in [-0.2, -0.15) is 0 Å². The first-order valence-electron chi connectivity index (χ1n) is 11.4. The van der Waals surface area contributed by atoms with E-state index in [-0.39, 0.29) is 23.1 Å². The largest absolute Gasteiger partial charge is 0.491 e. The smallest absolute Gasteiger partial charge is 0.240 e. The predicted octanol–water partition coefficient (Wildman–Crippen LogP) is 1.80. The standard InChI is InChI=1S/C23H31ClN4O5S/c1-25-34(30,31)21-4-2-3-20(12-21)32-16-19(29)14-27-18-13-23(33-15-18)6-9-28(10-7-23)22-11-17(24)5-8-26-22/h2-5,8,11-12,18-19,25,27,29H,6-7,9-10,13-16H2,1H3/t18?,19-/m0/s1. The van der Waals surface area contributed by atoms with E-state index in [0.29, 0.717) is 23.9 Å².